The number of nitrogens with zero attached hydrogens (tertiary/aromatic N) is 3. The molecule has 9 nitrogen and oxygen atoms in total. The lowest BCUT2D eigenvalue weighted by Gasteiger charge is -2.15. The van der Waals surface area contributed by atoms with Gasteiger partial charge in [-0.15, -0.1) is 0 Å². The summed E-state index contributed by atoms with van der Waals surface area (Å²) in [6.07, 6.45) is 0.680. The Hall–Kier alpha value is -3.88. The van der Waals surface area contributed by atoms with E-state index in [1.165, 1.54) is 14.2 Å². The van der Waals surface area contributed by atoms with Crippen molar-refractivity contribution in [1.29, 1.82) is 0 Å². The molecule has 0 saturated heterocycles. The lowest BCUT2D eigenvalue weighted by molar-refractivity contribution is 0.0929. The van der Waals surface area contributed by atoms with Crippen molar-refractivity contribution in [2.75, 3.05) is 14.2 Å². The van der Waals surface area contributed by atoms with Gasteiger partial charge in [-0.1, -0.05) is 25.1 Å². The summed E-state index contributed by atoms with van der Waals surface area (Å²) in [6.45, 7) is 3.69. The SMILES string of the molecule is CCC(C)NC(=O)c1nn(-c2cccc(OC)c2)c(=O)n(Cc2cccc(OC)c2)c1=O. The van der Waals surface area contributed by atoms with Crippen molar-refractivity contribution in [3.63, 3.8) is 0 Å². The topological polar surface area (TPSA) is 104 Å². The Morgan fingerprint density at radius 3 is 2.38 bits per heavy atom. The quantitative estimate of drug-likeness (QED) is 0.577. The molecule has 0 bridgehead atoms. The molecule has 0 aliphatic carbocycles. The molecule has 0 aliphatic heterocycles. The Kier molecular flexibility index (Phi) is 7.09. The Morgan fingerprint density at radius 2 is 1.72 bits per heavy atom. The number of hydrogen-bond acceptors (Lipinski definition) is 6. The predicted octanol–water partition coefficient (Wildman–Crippen LogP) is 1.99. The van der Waals surface area contributed by atoms with E-state index in [2.05, 4.69) is 10.4 Å². The average Bonchev–Trinajstić information content (AvgIpc) is 2.81. The van der Waals surface area contributed by atoms with E-state index in [1.54, 1.807) is 48.5 Å². The normalized spacial score (nSPS) is 11.6. The van der Waals surface area contributed by atoms with Gasteiger partial charge in [0.1, 0.15) is 11.5 Å². The Balaban J connectivity index is 2.19. The van der Waals surface area contributed by atoms with Gasteiger partial charge in [0.2, 0.25) is 5.69 Å². The van der Waals surface area contributed by atoms with E-state index in [9.17, 15) is 14.4 Å². The first-order valence-corrected chi connectivity index (χ1v) is 10.2. The fraction of sp³-hybridized carbons (Fsp3) is 0.304. The van der Waals surface area contributed by atoms with E-state index in [0.29, 0.717) is 29.2 Å². The van der Waals surface area contributed by atoms with Gasteiger partial charge >= 0.3 is 5.69 Å². The van der Waals surface area contributed by atoms with Crippen LogP contribution in [0.4, 0.5) is 0 Å². The monoisotopic (exact) mass is 438 g/mol. The molecule has 1 aromatic heterocycles. The molecule has 0 aliphatic rings. The molecule has 9 heteroatoms. The van der Waals surface area contributed by atoms with Crippen LogP contribution in [0.25, 0.3) is 5.69 Å². The molecule has 2 aromatic carbocycles. The summed E-state index contributed by atoms with van der Waals surface area (Å²) in [4.78, 5) is 39.2. The summed E-state index contributed by atoms with van der Waals surface area (Å²) in [5.74, 6) is 0.459. The number of ether oxygens (including phenoxy) is 2. The maximum atomic E-state index is 13.3. The number of hydrogen-bond donors (Lipinski definition) is 1. The molecule has 1 amide bonds. The summed E-state index contributed by atoms with van der Waals surface area (Å²) in [7, 11) is 3.04. The third-order valence-electron chi connectivity index (χ3n) is 5.04. The molecular formula is C23H26N4O5. The van der Waals surface area contributed by atoms with Crippen LogP contribution in [0.1, 0.15) is 36.3 Å². The van der Waals surface area contributed by atoms with Crippen LogP contribution in [0.2, 0.25) is 0 Å². The second kappa shape index (κ2) is 9.95. The third kappa shape index (κ3) is 4.88. The predicted molar refractivity (Wildman–Crippen MR) is 120 cm³/mol. The van der Waals surface area contributed by atoms with Crippen LogP contribution in [0.15, 0.2) is 58.1 Å². The minimum Gasteiger partial charge on any atom is -0.497 e. The smallest absolute Gasteiger partial charge is 0.352 e. The maximum Gasteiger partial charge on any atom is 0.352 e. The minimum atomic E-state index is -0.766. The molecule has 3 rings (SSSR count). The van der Waals surface area contributed by atoms with Crippen LogP contribution in [0, 0.1) is 0 Å². The number of rotatable bonds is 8. The number of benzene rings is 2. The van der Waals surface area contributed by atoms with Gasteiger partial charge in [-0.2, -0.15) is 9.78 Å². The van der Waals surface area contributed by atoms with Crippen LogP contribution in [0.5, 0.6) is 11.5 Å². The Labute approximate surface area is 185 Å². The average molecular weight is 438 g/mol. The number of carbonyl (C=O) groups excluding carboxylic acids is 1. The molecule has 0 saturated carbocycles. The maximum absolute atomic E-state index is 13.3. The van der Waals surface area contributed by atoms with E-state index < -0.39 is 17.2 Å². The lowest BCUT2D eigenvalue weighted by Crippen LogP contribution is -2.47. The van der Waals surface area contributed by atoms with Gasteiger partial charge in [0.25, 0.3) is 11.5 Å². The van der Waals surface area contributed by atoms with Gasteiger partial charge in [0.05, 0.1) is 26.5 Å². The summed E-state index contributed by atoms with van der Waals surface area (Å²) in [5, 5.41) is 6.86. The largest absolute Gasteiger partial charge is 0.497 e. The van der Waals surface area contributed by atoms with E-state index in [4.69, 9.17) is 9.47 Å². The highest BCUT2D eigenvalue weighted by atomic mass is 16.5. The number of methoxy groups -OCH3 is 2. The summed E-state index contributed by atoms with van der Waals surface area (Å²) in [5.41, 5.74) is -0.772. The molecule has 32 heavy (non-hydrogen) atoms. The third-order valence-corrected chi connectivity index (χ3v) is 5.04. The highest BCUT2D eigenvalue weighted by Crippen LogP contribution is 2.15. The molecule has 1 unspecified atom stereocenters. The zero-order chi connectivity index (χ0) is 23.3. The van der Waals surface area contributed by atoms with Crippen molar-refractivity contribution < 1.29 is 14.3 Å². The number of amides is 1. The van der Waals surface area contributed by atoms with E-state index >= 15 is 0 Å². The molecular weight excluding hydrogens is 412 g/mol. The summed E-state index contributed by atoms with van der Waals surface area (Å²) in [6, 6.07) is 13.5. The number of aromatic nitrogens is 3. The fourth-order valence-electron chi connectivity index (χ4n) is 3.05. The number of carbonyl (C=O) groups is 1. The fourth-order valence-corrected chi connectivity index (χ4v) is 3.05. The Bertz CT molecular complexity index is 1230. The van der Waals surface area contributed by atoms with Gasteiger partial charge in [-0.25, -0.2) is 4.79 Å². The second-order valence-electron chi connectivity index (χ2n) is 7.27. The van der Waals surface area contributed by atoms with Crippen LogP contribution in [0.3, 0.4) is 0 Å². The van der Waals surface area contributed by atoms with Crippen LogP contribution < -0.4 is 26.0 Å². The molecule has 0 fully saturated rings. The second-order valence-corrected chi connectivity index (χ2v) is 7.27. The molecule has 168 valence electrons. The van der Waals surface area contributed by atoms with E-state index in [-0.39, 0.29) is 18.3 Å². The minimum absolute atomic E-state index is 0.0506. The molecule has 0 spiro atoms. The highest BCUT2D eigenvalue weighted by molar-refractivity contribution is 5.91. The van der Waals surface area contributed by atoms with E-state index in [1.807, 2.05) is 13.8 Å². The molecule has 3 aromatic rings. The number of nitrogens with one attached hydrogen (secondary N) is 1. The first kappa shape index (κ1) is 22.8. The van der Waals surface area contributed by atoms with Crippen molar-refractivity contribution >= 4 is 5.91 Å². The summed E-state index contributed by atoms with van der Waals surface area (Å²) < 4.78 is 12.5. The zero-order valence-corrected chi connectivity index (χ0v) is 18.5. The first-order chi connectivity index (χ1) is 15.4. The van der Waals surface area contributed by atoms with Crippen molar-refractivity contribution in [1.82, 2.24) is 19.7 Å². The molecule has 0 radical (unpaired) electrons. The summed E-state index contributed by atoms with van der Waals surface area (Å²) >= 11 is 0. The van der Waals surface area contributed by atoms with Crippen LogP contribution in [-0.2, 0) is 6.54 Å². The van der Waals surface area contributed by atoms with Crippen LogP contribution >= 0.6 is 0 Å². The van der Waals surface area contributed by atoms with Gasteiger partial charge in [0.15, 0.2) is 0 Å². The van der Waals surface area contributed by atoms with Crippen molar-refractivity contribution in [2.24, 2.45) is 0 Å². The first-order valence-electron chi connectivity index (χ1n) is 10.2. The van der Waals surface area contributed by atoms with Gasteiger partial charge in [0, 0.05) is 12.1 Å². The zero-order valence-electron chi connectivity index (χ0n) is 18.5. The van der Waals surface area contributed by atoms with Crippen molar-refractivity contribution in [3.8, 4) is 17.2 Å². The Morgan fingerprint density at radius 1 is 1.06 bits per heavy atom. The van der Waals surface area contributed by atoms with Crippen molar-refractivity contribution in [3.05, 3.63) is 80.6 Å². The van der Waals surface area contributed by atoms with Crippen molar-refractivity contribution in [2.45, 2.75) is 32.9 Å². The standard InChI is InChI=1S/C23H26N4O5/c1-5-15(2)24-21(28)20-22(29)26(14-16-8-6-10-18(12-16)31-3)23(30)27(25-20)17-9-7-11-19(13-17)32-4/h6-13,15H,5,14H2,1-4H3,(H,24,28). The van der Waals surface area contributed by atoms with Gasteiger partial charge in [-0.3, -0.25) is 14.2 Å². The highest BCUT2D eigenvalue weighted by Gasteiger charge is 2.21. The van der Waals surface area contributed by atoms with Crippen LogP contribution in [-0.4, -0.2) is 40.5 Å². The molecule has 1 atom stereocenters. The van der Waals surface area contributed by atoms with Gasteiger partial charge < -0.3 is 14.8 Å². The van der Waals surface area contributed by atoms with E-state index in [0.717, 1.165) is 9.25 Å². The lowest BCUT2D eigenvalue weighted by atomic mass is 10.2. The van der Waals surface area contributed by atoms with Gasteiger partial charge in [-0.05, 0) is 43.2 Å². The molecule has 1 N–H and O–H groups in total. The molecule has 1 heterocycles.